The Hall–Kier alpha value is -1.86. The molecule has 0 aromatic heterocycles. The first-order valence-electron chi connectivity index (χ1n) is 10.2. The van der Waals surface area contributed by atoms with E-state index < -0.39 is 24.4 Å². The number of nitrogens with two attached hydrogens (primary N) is 1. The van der Waals surface area contributed by atoms with Gasteiger partial charge < -0.3 is 20.3 Å². The van der Waals surface area contributed by atoms with Crippen LogP contribution in [0.4, 0.5) is 4.79 Å². The van der Waals surface area contributed by atoms with Crippen molar-refractivity contribution in [3.8, 4) is 0 Å². The van der Waals surface area contributed by atoms with E-state index in [-0.39, 0.29) is 30.1 Å². The maximum atomic E-state index is 12.4. The summed E-state index contributed by atoms with van der Waals surface area (Å²) < 4.78 is 10.9. The van der Waals surface area contributed by atoms with Gasteiger partial charge in [0.05, 0.1) is 6.10 Å². The minimum Gasteiger partial charge on any atom is -0.457 e. The molecular formula is C23H34BrNO5. The van der Waals surface area contributed by atoms with Crippen molar-refractivity contribution in [2.45, 2.75) is 65.8 Å². The van der Waals surface area contributed by atoms with Crippen LogP contribution in [0.25, 0.3) is 0 Å². The monoisotopic (exact) mass is 483 g/mol. The molecule has 3 N–H and O–H groups in total. The SMILES string of the molecule is C/C(=C/Br)[C@@H]1OC(=O)CC/C=C(\C)[C@H](C)[C@@H](O)[C@@H](C)[C@H](OC(N)=O)/C=C\C=C/[C@H]1C. The van der Waals surface area contributed by atoms with Crippen LogP contribution in [-0.2, 0) is 14.3 Å². The molecule has 1 amide bonds. The van der Waals surface area contributed by atoms with Crippen molar-refractivity contribution in [2.75, 3.05) is 0 Å². The number of hydrogen-bond donors (Lipinski definition) is 2. The number of amides is 1. The quantitative estimate of drug-likeness (QED) is 0.434. The summed E-state index contributed by atoms with van der Waals surface area (Å²) in [6.07, 6.45) is 7.19. The van der Waals surface area contributed by atoms with E-state index in [9.17, 15) is 14.7 Å². The number of esters is 1. The Morgan fingerprint density at radius 2 is 1.93 bits per heavy atom. The Balaban J connectivity index is 3.26. The van der Waals surface area contributed by atoms with Gasteiger partial charge in [0.1, 0.15) is 12.2 Å². The van der Waals surface area contributed by atoms with Gasteiger partial charge in [-0.2, -0.15) is 0 Å². The van der Waals surface area contributed by atoms with Crippen molar-refractivity contribution in [2.24, 2.45) is 23.5 Å². The highest BCUT2D eigenvalue weighted by Gasteiger charge is 2.30. The highest BCUT2D eigenvalue weighted by molar-refractivity contribution is 9.11. The van der Waals surface area contributed by atoms with E-state index in [2.05, 4.69) is 15.9 Å². The van der Waals surface area contributed by atoms with Gasteiger partial charge >= 0.3 is 12.1 Å². The zero-order chi connectivity index (χ0) is 22.8. The molecule has 1 rings (SSSR count). The number of carbonyl (C=O) groups excluding carboxylic acids is 2. The minimum atomic E-state index is -0.888. The standard InChI is InChI=1S/C23H34BrNO5/c1-14-10-8-12-20(26)30-22(16(3)13-24)15(2)9-6-7-11-19(29-23(25)28)18(5)21(27)17(14)4/h6-7,9-11,13,15,17-19,21-22,27H,8,12H2,1-5H3,(H2,25,28)/b9-6-,11-7-,14-10+,16-13-/t15-,17+,18+,19-,21-,22-/m1/s1. The lowest BCUT2D eigenvalue weighted by molar-refractivity contribution is -0.148. The van der Waals surface area contributed by atoms with Crippen LogP contribution >= 0.6 is 15.9 Å². The normalized spacial score (nSPS) is 36.2. The fourth-order valence-corrected chi connectivity index (χ4v) is 3.63. The van der Waals surface area contributed by atoms with E-state index in [1.54, 1.807) is 17.1 Å². The van der Waals surface area contributed by atoms with Gasteiger partial charge in [0.2, 0.25) is 0 Å². The molecule has 0 unspecified atom stereocenters. The first-order valence-corrected chi connectivity index (χ1v) is 11.1. The highest BCUT2D eigenvalue weighted by atomic mass is 79.9. The number of cyclic esters (lactones) is 1. The molecule has 6 nitrogen and oxygen atoms in total. The second-order valence-corrected chi connectivity index (χ2v) is 8.38. The smallest absolute Gasteiger partial charge is 0.405 e. The summed E-state index contributed by atoms with van der Waals surface area (Å²) in [6.45, 7) is 9.50. The third kappa shape index (κ3) is 8.11. The van der Waals surface area contributed by atoms with Crippen LogP contribution in [0.1, 0.15) is 47.5 Å². The summed E-state index contributed by atoms with van der Waals surface area (Å²) in [4.78, 5) is 25.5. The molecule has 1 aliphatic rings. The topological polar surface area (TPSA) is 98.8 Å². The van der Waals surface area contributed by atoms with Gasteiger partial charge in [0.25, 0.3) is 0 Å². The first kappa shape index (κ1) is 26.2. The lowest BCUT2D eigenvalue weighted by atomic mass is 9.84. The Morgan fingerprint density at radius 1 is 1.30 bits per heavy atom. The van der Waals surface area contributed by atoms with Crippen LogP contribution in [0.2, 0.25) is 0 Å². The molecule has 0 radical (unpaired) electrons. The van der Waals surface area contributed by atoms with Crippen molar-refractivity contribution in [1.29, 1.82) is 0 Å². The molecule has 0 aromatic carbocycles. The van der Waals surface area contributed by atoms with Gasteiger partial charge in [0, 0.05) is 24.2 Å². The highest BCUT2D eigenvalue weighted by Crippen LogP contribution is 2.26. The van der Waals surface area contributed by atoms with E-state index in [0.29, 0.717) is 6.42 Å². The molecule has 7 heteroatoms. The molecule has 30 heavy (non-hydrogen) atoms. The number of aliphatic hydroxyl groups is 1. The van der Waals surface area contributed by atoms with Gasteiger partial charge in [-0.25, -0.2) is 4.79 Å². The molecule has 0 aliphatic carbocycles. The molecule has 0 bridgehead atoms. The summed E-state index contributed by atoms with van der Waals surface area (Å²) in [6, 6.07) is 0. The molecule has 0 spiro atoms. The van der Waals surface area contributed by atoms with Gasteiger partial charge in [-0.15, -0.1) is 0 Å². The number of ether oxygens (including phenoxy) is 2. The van der Waals surface area contributed by atoms with E-state index >= 15 is 0 Å². The van der Waals surface area contributed by atoms with Crippen LogP contribution < -0.4 is 5.73 Å². The van der Waals surface area contributed by atoms with E-state index in [1.165, 1.54) is 0 Å². The second-order valence-electron chi connectivity index (χ2n) is 7.92. The maximum absolute atomic E-state index is 12.4. The lowest BCUT2D eigenvalue weighted by Crippen LogP contribution is -2.37. The molecule has 0 saturated carbocycles. The third-order valence-corrected chi connectivity index (χ3v) is 6.26. The van der Waals surface area contributed by atoms with Crippen LogP contribution in [0.5, 0.6) is 0 Å². The van der Waals surface area contributed by atoms with Gasteiger partial charge in [-0.3, -0.25) is 4.79 Å². The van der Waals surface area contributed by atoms with E-state index in [0.717, 1.165) is 11.1 Å². The van der Waals surface area contributed by atoms with Gasteiger partial charge in [-0.05, 0) is 36.9 Å². The Bertz CT molecular complexity index is 712. The number of rotatable bonds is 2. The molecule has 1 aliphatic heterocycles. The van der Waals surface area contributed by atoms with Crippen molar-refractivity contribution < 1.29 is 24.2 Å². The molecular weight excluding hydrogens is 450 g/mol. The number of halogens is 1. The van der Waals surface area contributed by atoms with Crippen LogP contribution in [0, 0.1) is 17.8 Å². The number of carbonyl (C=O) groups is 2. The molecule has 6 atom stereocenters. The number of primary amides is 1. The first-order chi connectivity index (χ1) is 14.1. The Labute approximate surface area is 188 Å². The molecule has 0 aromatic rings. The van der Waals surface area contributed by atoms with Crippen LogP contribution in [-0.4, -0.2) is 35.5 Å². The van der Waals surface area contributed by atoms with E-state index in [1.807, 2.05) is 52.8 Å². The van der Waals surface area contributed by atoms with Crippen molar-refractivity contribution in [3.63, 3.8) is 0 Å². The second kappa shape index (κ2) is 12.7. The minimum absolute atomic E-state index is 0.0730. The fourth-order valence-electron chi connectivity index (χ4n) is 3.37. The summed E-state index contributed by atoms with van der Waals surface area (Å²) in [5.41, 5.74) is 7.09. The summed E-state index contributed by atoms with van der Waals surface area (Å²) in [5, 5.41) is 10.8. The number of aliphatic hydroxyl groups excluding tert-OH is 1. The zero-order valence-electron chi connectivity index (χ0n) is 18.4. The summed E-state index contributed by atoms with van der Waals surface area (Å²) in [5.74, 6) is -0.895. The summed E-state index contributed by atoms with van der Waals surface area (Å²) >= 11 is 3.32. The molecule has 0 fully saturated rings. The number of allylic oxidation sites excluding steroid dienone is 3. The van der Waals surface area contributed by atoms with Gasteiger partial charge in [0.15, 0.2) is 0 Å². The molecule has 1 heterocycles. The molecule has 0 saturated heterocycles. The average Bonchev–Trinajstić information content (AvgIpc) is 2.70. The van der Waals surface area contributed by atoms with Crippen molar-refractivity contribution >= 4 is 28.0 Å². The largest absolute Gasteiger partial charge is 0.457 e. The zero-order valence-corrected chi connectivity index (χ0v) is 20.0. The lowest BCUT2D eigenvalue weighted by Gasteiger charge is -2.30. The van der Waals surface area contributed by atoms with E-state index in [4.69, 9.17) is 15.2 Å². The number of hydrogen-bond acceptors (Lipinski definition) is 5. The van der Waals surface area contributed by atoms with Crippen LogP contribution in [0.15, 0.2) is 46.5 Å². The Kier molecular flexibility index (Phi) is 11.1. The fraction of sp³-hybridized carbons (Fsp3) is 0.565. The summed E-state index contributed by atoms with van der Waals surface area (Å²) in [7, 11) is 0. The average molecular weight is 484 g/mol. The predicted molar refractivity (Wildman–Crippen MR) is 122 cm³/mol. The molecule has 168 valence electrons. The van der Waals surface area contributed by atoms with Gasteiger partial charge in [-0.1, -0.05) is 66.6 Å². The van der Waals surface area contributed by atoms with Crippen LogP contribution in [0.3, 0.4) is 0 Å². The third-order valence-electron chi connectivity index (χ3n) is 5.54. The van der Waals surface area contributed by atoms with Crippen molar-refractivity contribution in [3.05, 3.63) is 46.5 Å². The Morgan fingerprint density at radius 3 is 2.53 bits per heavy atom. The maximum Gasteiger partial charge on any atom is 0.405 e. The predicted octanol–water partition coefficient (Wildman–Crippen LogP) is 4.78. The van der Waals surface area contributed by atoms with Crippen molar-refractivity contribution in [1.82, 2.24) is 0 Å².